The van der Waals surface area contributed by atoms with E-state index in [1.54, 1.807) is 6.92 Å². The molecule has 0 aromatic carbocycles. The molecule has 0 spiro atoms. The van der Waals surface area contributed by atoms with Crippen molar-refractivity contribution < 1.29 is 14.7 Å². The van der Waals surface area contributed by atoms with E-state index >= 15 is 0 Å². The van der Waals surface area contributed by atoms with Gasteiger partial charge < -0.3 is 10.4 Å². The number of imide groups is 1. The number of urea groups is 1. The maximum atomic E-state index is 11.3. The first-order valence-electron chi connectivity index (χ1n) is 4.72. The second kappa shape index (κ2) is 3.57. The molecule has 5 nitrogen and oxygen atoms in total. The fourth-order valence-electron chi connectivity index (χ4n) is 1.68. The van der Waals surface area contributed by atoms with Gasteiger partial charge in [0.25, 0.3) is 5.91 Å². The average molecular weight is 200 g/mol. The van der Waals surface area contributed by atoms with Crippen molar-refractivity contribution in [2.45, 2.75) is 32.9 Å². The van der Waals surface area contributed by atoms with Crippen molar-refractivity contribution in [2.75, 3.05) is 0 Å². The van der Waals surface area contributed by atoms with Crippen molar-refractivity contribution in [3.8, 4) is 0 Å². The van der Waals surface area contributed by atoms with Crippen molar-refractivity contribution in [2.24, 2.45) is 11.8 Å². The summed E-state index contributed by atoms with van der Waals surface area (Å²) in [6, 6.07) is -0.631. The first-order valence-corrected chi connectivity index (χ1v) is 4.72. The Kier molecular flexibility index (Phi) is 2.80. The lowest BCUT2D eigenvalue weighted by Gasteiger charge is -2.27. The third-order valence-corrected chi connectivity index (χ3v) is 2.42. The molecule has 5 heteroatoms. The standard InChI is InChI=1S/C9H16N2O3/c1-5(2)4-6(3)9(14)7(12)10-8(13)11-9/h5-6,14H,4H2,1-3H3,(H2,10,11,12,13). The molecule has 80 valence electrons. The van der Waals surface area contributed by atoms with Gasteiger partial charge in [-0.2, -0.15) is 0 Å². The minimum atomic E-state index is -1.73. The molecule has 2 unspecified atom stereocenters. The topological polar surface area (TPSA) is 78.4 Å². The van der Waals surface area contributed by atoms with Crippen molar-refractivity contribution in [1.82, 2.24) is 10.6 Å². The van der Waals surface area contributed by atoms with Crippen molar-refractivity contribution >= 4 is 11.9 Å². The molecule has 3 amide bonds. The predicted molar refractivity (Wildman–Crippen MR) is 50.2 cm³/mol. The van der Waals surface area contributed by atoms with E-state index in [2.05, 4.69) is 5.32 Å². The fourth-order valence-corrected chi connectivity index (χ4v) is 1.68. The lowest BCUT2D eigenvalue weighted by atomic mass is 9.89. The molecule has 14 heavy (non-hydrogen) atoms. The Hall–Kier alpha value is -1.10. The summed E-state index contributed by atoms with van der Waals surface area (Å²) >= 11 is 0. The fraction of sp³-hybridized carbons (Fsp3) is 0.778. The molecule has 2 atom stereocenters. The molecule has 1 fully saturated rings. The van der Waals surface area contributed by atoms with Crippen LogP contribution in [0.4, 0.5) is 4.79 Å². The molecule has 1 heterocycles. The summed E-state index contributed by atoms with van der Waals surface area (Å²) in [6.45, 7) is 5.73. The van der Waals surface area contributed by atoms with E-state index in [0.29, 0.717) is 12.3 Å². The van der Waals surface area contributed by atoms with Crippen LogP contribution in [0.15, 0.2) is 0 Å². The van der Waals surface area contributed by atoms with E-state index in [4.69, 9.17) is 0 Å². The molecule has 0 aromatic heterocycles. The summed E-state index contributed by atoms with van der Waals surface area (Å²) in [5.74, 6) is -0.594. The number of amides is 3. The van der Waals surface area contributed by atoms with E-state index in [0.717, 1.165) is 0 Å². The summed E-state index contributed by atoms with van der Waals surface area (Å²) in [5, 5.41) is 14.2. The lowest BCUT2D eigenvalue weighted by Crippen LogP contribution is -2.52. The Morgan fingerprint density at radius 3 is 2.29 bits per heavy atom. The zero-order valence-electron chi connectivity index (χ0n) is 8.63. The zero-order chi connectivity index (χ0) is 10.9. The molecule has 0 radical (unpaired) electrons. The molecule has 1 saturated heterocycles. The van der Waals surface area contributed by atoms with Gasteiger partial charge in [0.15, 0.2) is 0 Å². The SMILES string of the molecule is CC(C)CC(C)C1(O)NC(=O)NC1=O. The summed E-state index contributed by atoms with van der Waals surface area (Å²) in [4.78, 5) is 22.1. The number of aliphatic hydroxyl groups is 1. The van der Waals surface area contributed by atoms with Gasteiger partial charge in [-0.05, 0) is 12.3 Å². The molecular weight excluding hydrogens is 184 g/mol. The molecule has 1 rings (SSSR count). The van der Waals surface area contributed by atoms with E-state index in [1.165, 1.54) is 0 Å². The second-order valence-corrected chi connectivity index (χ2v) is 4.21. The molecule has 1 aliphatic rings. The van der Waals surface area contributed by atoms with E-state index in [1.807, 2.05) is 19.2 Å². The Balaban J connectivity index is 2.74. The molecule has 0 bridgehead atoms. The van der Waals surface area contributed by atoms with Crippen LogP contribution in [0.25, 0.3) is 0 Å². The summed E-state index contributed by atoms with van der Waals surface area (Å²) in [7, 11) is 0. The summed E-state index contributed by atoms with van der Waals surface area (Å²) < 4.78 is 0. The highest BCUT2D eigenvalue weighted by molar-refractivity contribution is 6.06. The highest BCUT2D eigenvalue weighted by Crippen LogP contribution is 2.24. The number of hydrogen-bond acceptors (Lipinski definition) is 3. The minimum Gasteiger partial charge on any atom is -0.363 e. The van der Waals surface area contributed by atoms with Crippen LogP contribution >= 0.6 is 0 Å². The van der Waals surface area contributed by atoms with Gasteiger partial charge in [0.2, 0.25) is 5.72 Å². The Bertz CT molecular complexity index is 265. The summed E-state index contributed by atoms with van der Waals surface area (Å²) in [6.07, 6.45) is 0.671. The van der Waals surface area contributed by atoms with Gasteiger partial charge in [0.05, 0.1) is 0 Å². The average Bonchev–Trinajstić information content (AvgIpc) is 2.25. The number of carbonyl (C=O) groups excluding carboxylic acids is 2. The third-order valence-electron chi connectivity index (χ3n) is 2.42. The van der Waals surface area contributed by atoms with Crippen molar-refractivity contribution in [3.63, 3.8) is 0 Å². The van der Waals surface area contributed by atoms with Gasteiger partial charge in [-0.1, -0.05) is 20.8 Å². The first kappa shape index (κ1) is 11.0. The molecule has 3 N–H and O–H groups in total. The molecule has 0 aromatic rings. The number of rotatable bonds is 3. The monoisotopic (exact) mass is 200 g/mol. The van der Waals surface area contributed by atoms with Gasteiger partial charge in [-0.25, -0.2) is 4.79 Å². The Labute approximate surface area is 82.9 Å². The minimum absolute atomic E-state index is 0.297. The van der Waals surface area contributed by atoms with E-state index < -0.39 is 17.7 Å². The summed E-state index contributed by atoms with van der Waals surface area (Å²) in [5.41, 5.74) is -1.73. The van der Waals surface area contributed by atoms with Crippen LogP contribution in [-0.2, 0) is 4.79 Å². The molecule has 1 aliphatic heterocycles. The number of nitrogens with one attached hydrogen (secondary N) is 2. The number of carbonyl (C=O) groups is 2. The highest BCUT2D eigenvalue weighted by Gasteiger charge is 2.48. The van der Waals surface area contributed by atoms with Crippen molar-refractivity contribution in [3.05, 3.63) is 0 Å². The van der Waals surface area contributed by atoms with Gasteiger partial charge in [-0.15, -0.1) is 0 Å². The van der Waals surface area contributed by atoms with Gasteiger partial charge in [0.1, 0.15) is 0 Å². The zero-order valence-corrected chi connectivity index (χ0v) is 8.63. The van der Waals surface area contributed by atoms with Crippen LogP contribution in [0.2, 0.25) is 0 Å². The van der Waals surface area contributed by atoms with E-state index in [9.17, 15) is 14.7 Å². The molecule has 0 saturated carbocycles. The largest absolute Gasteiger partial charge is 0.363 e. The third kappa shape index (κ3) is 1.87. The van der Waals surface area contributed by atoms with Gasteiger partial charge in [0, 0.05) is 5.92 Å². The Morgan fingerprint density at radius 1 is 1.36 bits per heavy atom. The molecular formula is C9H16N2O3. The maximum absolute atomic E-state index is 11.3. The quantitative estimate of drug-likeness (QED) is 0.569. The van der Waals surface area contributed by atoms with Crippen LogP contribution < -0.4 is 10.6 Å². The maximum Gasteiger partial charge on any atom is 0.324 e. The predicted octanol–water partition coefficient (Wildman–Crippen LogP) is 0.197. The van der Waals surface area contributed by atoms with Gasteiger partial charge >= 0.3 is 6.03 Å². The first-order chi connectivity index (χ1) is 6.36. The molecule has 0 aliphatic carbocycles. The smallest absolute Gasteiger partial charge is 0.324 e. The number of hydrogen-bond donors (Lipinski definition) is 3. The second-order valence-electron chi connectivity index (χ2n) is 4.21. The lowest BCUT2D eigenvalue weighted by molar-refractivity contribution is -0.143. The van der Waals surface area contributed by atoms with Gasteiger partial charge in [-0.3, -0.25) is 10.1 Å². The van der Waals surface area contributed by atoms with Crippen LogP contribution in [0, 0.1) is 11.8 Å². The van der Waals surface area contributed by atoms with Crippen LogP contribution in [0.3, 0.4) is 0 Å². The van der Waals surface area contributed by atoms with Crippen LogP contribution in [0.5, 0.6) is 0 Å². The Morgan fingerprint density at radius 2 is 1.93 bits per heavy atom. The normalized spacial score (nSPS) is 28.9. The van der Waals surface area contributed by atoms with E-state index in [-0.39, 0.29) is 5.92 Å². The van der Waals surface area contributed by atoms with Crippen molar-refractivity contribution in [1.29, 1.82) is 0 Å². The van der Waals surface area contributed by atoms with Crippen LogP contribution in [0.1, 0.15) is 27.2 Å². The van der Waals surface area contributed by atoms with Crippen LogP contribution in [-0.4, -0.2) is 22.8 Å². The highest BCUT2D eigenvalue weighted by atomic mass is 16.3.